The van der Waals surface area contributed by atoms with Crippen LogP contribution < -0.4 is 0 Å². The molecule has 4 heteroatoms. The third-order valence-electron chi connectivity index (χ3n) is 3.74. The van der Waals surface area contributed by atoms with Crippen LogP contribution in [0.4, 0.5) is 0 Å². The highest BCUT2D eigenvalue weighted by atomic mass is 35.5. The Hall–Kier alpha value is 0.110. The molecule has 22 heavy (non-hydrogen) atoms. The molecule has 0 aliphatic carbocycles. The Morgan fingerprint density at radius 2 is 1.45 bits per heavy atom. The lowest BCUT2D eigenvalue weighted by Gasteiger charge is -2.09. The van der Waals surface area contributed by atoms with E-state index in [0.29, 0.717) is 5.94 Å². The van der Waals surface area contributed by atoms with Gasteiger partial charge in [-0.05, 0) is 18.6 Å². The van der Waals surface area contributed by atoms with E-state index in [0.717, 1.165) is 18.6 Å². The van der Waals surface area contributed by atoms with E-state index >= 15 is 0 Å². The van der Waals surface area contributed by atoms with Crippen LogP contribution in [0.3, 0.4) is 0 Å². The zero-order valence-electron chi connectivity index (χ0n) is 14.6. The van der Waals surface area contributed by atoms with Crippen molar-refractivity contribution in [2.75, 3.05) is 11.7 Å². The van der Waals surface area contributed by atoms with E-state index < -0.39 is 5.38 Å². The summed E-state index contributed by atoms with van der Waals surface area (Å²) in [5.41, 5.74) is 0. The van der Waals surface area contributed by atoms with Gasteiger partial charge in [0.25, 0.3) is 0 Å². The Morgan fingerprint density at radius 1 is 0.909 bits per heavy atom. The van der Waals surface area contributed by atoms with E-state index in [2.05, 4.69) is 13.8 Å². The lowest BCUT2D eigenvalue weighted by Crippen LogP contribution is -2.17. The van der Waals surface area contributed by atoms with E-state index in [1.807, 2.05) is 0 Å². The predicted octanol–water partition coefficient (Wildman–Crippen LogP) is 6.55. The fourth-order valence-corrected chi connectivity index (χ4v) is 3.27. The van der Waals surface area contributed by atoms with Crippen molar-refractivity contribution in [1.29, 1.82) is 0 Å². The Kier molecular flexibility index (Phi) is 17.6. The number of carbonyl (C=O) groups is 1. The van der Waals surface area contributed by atoms with E-state index in [1.165, 1.54) is 64.2 Å². The largest absolute Gasteiger partial charge is 0.454 e. The van der Waals surface area contributed by atoms with E-state index in [4.69, 9.17) is 16.3 Å². The topological polar surface area (TPSA) is 26.3 Å². The molecule has 0 rings (SSSR count). The van der Waals surface area contributed by atoms with Gasteiger partial charge in [0.2, 0.25) is 0 Å². The van der Waals surface area contributed by atoms with Crippen LogP contribution in [0.25, 0.3) is 0 Å². The molecule has 0 amide bonds. The van der Waals surface area contributed by atoms with Crippen molar-refractivity contribution < 1.29 is 9.53 Å². The molecule has 0 fully saturated rings. The van der Waals surface area contributed by atoms with Crippen molar-refractivity contribution in [3.8, 4) is 0 Å². The first-order valence-electron chi connectivity index (χ1n) is 9.10. The fraction of sp³-hybridized carbons (Fsp3) is 0.944. The Balaban J connectivity index is 3.33. The van der Waals surface area contributed by atoms with Gasteiger partial charge >= 0.3 is 5.97 Å². The van der Waals surface area contributed by atoms with Crippen LogP contribution in [0, 0.1) is 0 Å². The highest BCUT2D eigenvalue weighted by Gasteiger charge is 2.16. The lowest BCUT2D eigenvalue weighted by atomic mass is 10.1. The lowest BCUT2D eigenvalue weighted by molar-refractivity contribution is -0.141. The van der Waals surface area contributed by atoms with E-state index in [-0.39, 0.29) is 5.97 Å². The van der Waals surface area contributed by atoms with Gasteiger partial charge in [-0.25, -0.2) is 0 Å². The number of thioether (sulfide) groups is 1. The summed E-state index contributed by atoms with van der Waals surface area (Å²) in [4.78, 5) is 11.7. The molecule has 0 aliphatic rings. The third-order valence-corrected chi connectivity index (χ3v) is 5.00. The maximum atomic E-state index is 11.7. The van der Waals surface area contributed by atoms with Crippen LogP contribution in [0.2, 0.25) is 0 Å². The van der Waals surface area contributed by atoms with Gasteiger partial charge in [0.15, 0.2) is 0 Å². The zero-order valence-corrected chi connectivity index (χ0v) is 16.2. The molecule has 2 nitrogen and oxygen atoms in total. The molecule has 0 N–H and O–H groups in total. The van der Waals surface area contributed by atoms with Gasteiger partial charge in [-0.1, -0.05) is 78.1 Å². The van der Waals surface area contributed by atoms with Gasteiger partial charge in [-0.15, -0.1) is 23.4 Å². The number of halogens is 1. The number of carbonyl (C=O) groups excluding carboxylic acids is 1. The van der Waals surface area contributed by atoms with Crippen LogP contribution in [0.1, 0.15) is 90.9 Å². The van der Waals surface area contributed by atoms with E-state index in [1.54, 1.807) is 11.8 Å². The first-order valence-corrected chi connectivity index (χ1v) is 10.7. The van der Waals surface area contributed by atoms with Crippen LogP contribution in [-0.2, 0) is 9.53 Å². The number of alkyl halides is 1. The number of esters is 1. The summed E-state index contributed by atoms with van der Waals surface area (Å²) < 4.78 is 5.18. The number of unbranched alkanes of at least 4 members (excludes halogenated alkanes) is 9. The Labute approximate surface area is 147 Å². The summed E-state index contributed by atoms with van der Waals surface area (Å²) in [6, 6.07) is 0. The van der Waals surface area contributed by atoms with Crippen molar-refractivity contribution >= 4 is 29.3 Å². The third kappa shape index (κ3) is 15.0. The molecule has 132 valence electrons. The van der Waals surface area contributed by atoms with Crippen molar-refractivity contribution in [3.63, 3.8) is 0 Å². The zero-order chi connectivity index (χ0) is 16.5. The Bertz CT molecular complexity index is 249. The van der Waals surface area contributed by atoms with Gasteiger partial charge in [0, 0.05) is 0 Å². The highest BCUT2D eigenvalue weighted by Crippen LogP contribution is 2.15. The number of ether oxygens (including phenoxy) is 1. The molecule has 0 aromatic rings. The quantitative estimate of drug-likeness (QED) is 0.137. The second kappa shape index (κ2) is 17.5. The molecule has 0 aromatic heterocycles. The average Bonchev–Trinajstić information content (AvgIpc) is 2.52. The first-order chi connectivity index (χ1) is 10.7. The molecular formula is C18H35ClO2S. The SMILES string of the molecule is CCCCCCCCCCCC(Cl)C(=O)OCSCCCC. The smallest absolute Gasteiger partial charge is 0.324 e. The molecule has 0 saturated carbocycles. The molecule has 1 atom stereocenters. The molecule has 0 radical (unpaired) electrons. The monoisotopic (exact) mass is 350 g/mol. The minimum atomic E-state index is -0.462. The van der Waals surface area contributed by atoms with Crippen molar-refractivity contribution in [3.05, 3.63) is 0 Å². The van der Waals surface area contributed by atoms with Crippen molar-refractivity contribution in [2.24, 2.45) is 0 Å². The second-order valence-corrected chi connectivity index (χ2v) is 7.51. The number of hydrogen-bond donors (Lipinski definition) is 0. The minimum Gasteiger partial charge on any atom is -0.454 e. The van der Waals surface area contributed by atoms with Crippen molar-refractivity contribution in [1.82, 2.24) is 0 Å². The molecule has 0 heterocycles. The molecule has 0 spiro atoms. The standard InChI is InChI=1S/C18H35ClO2S/c1-3-5-7-8-9-10-11-12-13-14-17(19)18(20)21-16-22-15-6-4-2/h17H,3-16H2,1-2H3. The fourth-order valence-electron chi connectivity index (χ4n) is 2.25. The Morgan fingerprint density at radius 3 is 2.05 bits per heavy atom. The molecular weight excluding hydrogens is 316 g/mol. The predicted molar refractivity (Wildman–Crippen MR) is 99.8 cm³/mol. The maximum Gasteiger partial charge on any atom is 0.324 e. The van der Waals surface area contributed by atoms with Crippen molar-refractivity contribution in [2.45, 2.75) is 96.3 Å². The average molecular weight is 351 g/mol. The number of rotatable bonds is 16. The van der Waals surface area contributed by atoms with E-state index in [9.17, 15) is 4.79 Å². The normalized spacial score (nSPS) is 12.3. The van der Waals surface area contributed by atoms with Gasteiger partial charge in [-0.3, -0.25) is 4.79 Å². The van der Waals surface area contributed by atoms with Crippen LogP contribution in [-0.4, -0.2) is 23.0 Å². The minimum absolute atomic E-state index is 0.245. The maximum absolute atomic E-state index is 11.7. The van der Waals surface area contributed by atoms with Crippen LogP contribution >= 0.6 is 23.4 Å². The summed E-state index contributed by atoms with van der Waals surface area (Å²) in [6.45, 7) is 4.41. The van der Waals surface area contributed by atoms with Gasteiger partial charge in [0.1, 0.15) is 11.3 Å². The summed E-state index contributed by atoms with van der Waals surface area (Å²) >= 11 is 7.75. The van der Waals surface area contributed by atoms with Gasteiger partial charge in [0.05, 0.1) is 0 Å². The molecule has 0 aliphatic heterocycles. The number of hydrogen-bond acceptors (Lipinski definition) is 3. The molecule has 0 saturated heterocycles. The summed E-state index contributed by atoms with van der Waals surface area (Å²) in [7, 11) is 0. The molecule has 0 aromatic carbocycles. The van der Waals surface area contributed by atoms with Crippen LogP contribution in [0.5, 0.6) is 0 Å². The van der Waals surface area contributed by atoms with Gasteiger partial charge < -0.3 is 4.74 Å². The van der Waals surface area contributed by atoms with Crippen LogP contribution in [0.15, 0.2) is 0 Å². The van der Waals surface area contributed by atoms with Gasteiger partial charge in [-0.2, -0.15) is 0 Å². The summed E-state index contributed by atoms with van der Waals surface area (Å²) in [6.07, 6.45) is 14.6. The first kappa shape index (κ1) is 22.1. The highest BCUT2D eigenvalue weighted by molar-refractivity contribution is 7.99. The summed E-state index contributed by atoms with van der Waals surface area (Å²) in [5, 5.41) is -0.462. The molecule has 0 bridgehead atoms. The molecule has 1 unspecified atom stereocenters. The summed E-state index contributed by atoms with van der Waals surface area (Å²) in [5.74, 6) is 1.25. The second-order valence-electron chi connectivity index (χ2n) is 5.93.